The average Bonchev–Trinajstić information content (AvgIpc) is 3.11. The number of aliphatic hydroxyl groups excluding tert-OH is 1. The number of nitrogens with two attached hydrogens (primary N) is 1. The van der Waals surface area contributed by atoms with E-state index in [0.717, 1.165) is 0 Å². The van der Waals surface area contributed by atoms with Crippen molar-refractivity contribution in [2.24, 2.45) is 5.73 Å². The molecule has 1 atom stereocenters. The van der Waals surface area contributed by atoms with Crippen molar-refractivity contribution in [1.29, 1.82) is 0 Å². The summed E-state index contributed by atoms with van der Waals surface area (Å²) in [4.78, 5) is 36.3. The van der Waals surface area contributed by atoms with E-state index in [1.54, 1.807) is 24.3 Å². The fourth-order valence-corrected chi connectivity index (χ4v) is 3.18. The maximum absolute atomic E-state index is 13.9. The second kappa shape index (κ2) is 9.54. The summed E-state index contributed by atoms with van der Waals surface area (Å²) in [6, 6.07) is 9.82. The SMILES string of the molecule is NC(=O)c1nn(CC(=O)N[C@@H](CO)C(=O)NCc2cccc(Cl)c2F)c2ccccc12. The van der Waals surface area contributed by atoms with Gasteiger partial charge in [-0.2, -0.15) is 5.10 Å². The molecule has 3 aromatic rings. The van der Waals surface area contributed by atoms with Crippen molar-refractivity contribution in [1.82, 2.24) is 20.4 Å². The zero-order chi connectivity index (χ0) is 22.5. The van der Waals surface area contributed by atoms with E-state index >= 15 is 0 Å². The molecule has 31 heavy (non-hydrogen) atoms. The summed E-state index contributed by atoms with van der Waals surface area (Å²) < 4.78 is 15.2. The Morgan fingerprint density at radius 2 is 1.94 bits per heavy atom. The van der Waals surface area contributed by atoms with Crippen LogP contribution in [0.15, 0.2) is 42.5 Å². The summed E-state index contributed by atoms with van der Waals surface area (Å²) >= 11 is 5.71. The van der Waals surface area contributed by atoms with Crippen LogP contribution in [0.2, 0.25) is 5.02 Å². The number of carbonyl (C=O) groups is 3. The first-order valence-electron chi connectivity index (χ1n) is 9.18. The molecule has 3 rings (SSSR count). The number of nitrogens with one attached hydrogen (secondary N) is 2. The molecule has 162 valence electrons. The lowest BCUT2D eigenvalue weighted by Crippen LogP contribution is -2.49. The highest BCUT2D eigenvalue weighted by Gasteiger charge is 2.22. The number of fused-ring (bicyclic) bond motifs is 1. The van der Waals surface area contributed by atoms with Gasteiger partial charge in [-0.05, 0) is 12.1 Å². The van der Waals surface area contributed by atoms with Crippen molar-refractivity contribution in [2.45, 2.75) is 19.1 Å². The Kier molecular flexibility index (Phi) is 6.83. The number of halogens is 2. The molecule has 3 amide bonds. The fourth-order valence-electron chi connectivity index (χ4n) is 2.99. The third-order valence-electron chi connectivity index (χ3n) is 4.50. The van der Waals surface area contributed by atoms with Gasteiger partial charge in [-0.1, -0.05) is 41.9 Å². The number of aromatic nitrogens is 2. The van der Waals surface area contributed by atoms with E-state index in [-0.39, 0.29) is 29.4 Å². The van der Waals surface area contributed by atoms with Crippen LogP contribution < -0.4 is 16.4 Å². The van der Waals surface area contributed by atoms with Crippen LogP contribution in [-0.2, 0) is 22.7 Å². The zero-order valence-corrected chi connectivity index (χ0v) is 16.9. The summed E-state index contributed by atoms with van der Waals surface area (Å²) in [5.74, 6) is -2.74. The molecule has 1 aromatic heterocycles. The first-order valence-corrected chi connectivity index (χ1v) is 9.55. The number of amides is 3. The molecule has 0 aliphatic carbocycles. The van der Waals surface area contributed by atoms with Gasteiger partial charge in [-0.3, -0.25) is 19.1 Å². The molecule has 9 nitrogen and oxygen atoms in total. The quantitative estimate of drug-likeness (QED) is 0.403. The van der Waals surface area contributed by atoms with E-state index in [2.05, 4.69) is 15.7 Å². The van der Waals surface area contributed by atoms with Gasteiger partial charge in [0.1, 0.15) is 18.4 Å². The predicted molar refractivity (Wildman–Crippen MR) is 111 cm³/mol. The molecule has 0 spiro atoms. The molecule has 0 aliphatic heterocycles. The molecule has 0 unspecified atom stereocenters. The molecule has 1 heterocycles. The number of aliphatic hydroxyl groups is 1. The number of hydrogen-bond donors (Lipinski definition) is 4. The van der Waals surface area contributed by atoms with Crippen LogP contribution in [-0.4, -0.2) is 45.3 Å². The van der Waals surface area contributed by atoms with Gasteiger partial charge in [0.15, 0.2) is 5.69 Å². The highest BCUT2D eigenvalue weighted by molar-refractivity contribution is 6.30. The minimum atomic E-state index is -1.27. The molecule has 0 radical (unpaired) electrons. The van der Waals surface area contributed by atoms with Crippen LogP contribution in [0.4, 0.5) is 4.39 Å². The van der Waals surface area contributed by atoms with Crippen LogP contribution in [0.3, 0.4) is 0 Å². The number of carbonyl (C=O) groups excluding carboxylic acids is 3. The highest BCUT2D eigenvalue weighted by atomic mass is 35.5. The second-order valence-electron chi connectivity index (χ2n) is 6.62. The van der Waals surface area contributed by atoms with Crippen molar-refractivity contribution in [3.63, 3.8) is 0 Å². The number of rotatable bonds is 8. The number of benzene rings is 2. The van der Waals surface area contributed by atoms with Crippen molar-refractivity contribution in [2.75, 3.05) is 6.61 Å². The van der Waals surface area contributed by atoms with Crippen LogP contribution in [0, 0.1) is 5.82 Å². The monoisotopic (exact) mass is 447 g/mol. The van der Waals surface area contributed by atoms with Crippen molar-refractivity contribution < 1.29 is 23.9 Å². The second-order valence-corrected chi connectivity index (χ2v) is 7.03. The van der Waals surface area contributed by atoms with E-state index in [1.807, 2.05) is 0 Å². The Morgan fingerprint density at radius 1 is 1.19 bits per heavy atom. The molecule has 0 aliphatic rings. The average molecular weight is 448 g/mol. The topological polar surface area (TPSA) is 139 Å². The van der Waals surface area contributed by atoms with E-state index < -0.39 is 36.2 Å². The summed E-state index contributed by atoms with van der Waals surface area (Å²) in [6.45, 7) is -1.17. The Morgan fingerprint density at radius 3 is 2.65 bits per heavy atom. The van der Waals surface area contributed by atoms with Gasteiger partial charge in [0.25, 0.3) is 5.91 Å². The molecular formula is C20H19ClFN5O4. The highest BCUT2D eigenvalue weighted by Crippen LogP contribution is 2.18. The lowest BCUT2D eigenvalue weighted by molar-refractivity contribution is -0.130. The zero-order valence-electron chi connectivity index (χ0n) is 16.1. The van der Waals surface area contributed by atoms with Crippen LogP contribution in [0.5, 0.6) is 0 Å². The minimum Gasteiger partial charge on any atom is -0.394 e. The van der Waals surface area contributed by atoms with E-state index in [0.29, 0.717) is 10.9 Å². The largest absolute Gasteiger partial charge is 0.394 e. The lowest BCUT2D eigenvalue weighted by Gasteiger charge is -2.16. The van der Waals surface area contributed by atoms with Gasteiger partial charge in [0, 0.05) is 17.5 Å². The molecule has 0 fully saturated rings. The van der Waals surface area contributed by atoms with Gasteiger partial charge < -0.3 is 21.5 Å². The third-order valence-corrected chi connectivity index (χ3v) is 4.80. The third kappa shape index (κ3) is 4.98. The van der Waals surface area contributed by atoms with Crippen molar-refractivity contribution in [3.8, 4) is 0 Å². The van der Waals surface area contributed by atoms with Gasteiger partial charge in [-0.15, -0.1) is 0 Å². The van der Waals surface area contributed by atoms with E-state index in [4.69, 9.17) is 17.3 Å². The van der Waals surface area contributed by atoms with Crippen molar-refractivity contribution in [3.05, 3.63) is 64.6 Å². The maximum Gasteiger partial charge on any atom is 0.269 e. The summed E-state index contributed by atoms with van der Waals surface area (Å²) in [7, 11) is 0. The standard InChI is InChI=1S/C20H19ClFN5O4/c21-13-6-3-4-11(17(13)22)8-24-20(31)14(10-28)25-16(29)9-27-15-7-2-1-5-12(15)18(26-27)19(23)30/h1-7,14,28H,8-10H2,(H2,23,30)(H,24,31)(H,25,29)/t14-/m0/s1. The van der Waals surface area contributed by atoms with Gasteiger partial charge in [0.05, 0.1) is 17.1 Å². The summed E-state index contributed by atoms with van der Waals surface area (Å²) in [5.41, 5.74) is 6.01. The molecule has 2 aromatic carbocycles. The van der Waals surface area contributed by atoms with Gasteiger partial charge >= 0.3 is 0 Å². The molecule has 0 saturated heterocycles. The fraction of sp³-hybridized carbons (Fsp3) is 0.200. The Hall–Kier alpha value is -3.50. The predicted octanol–water partition coefficient (Wildman–Crippen LogP) is 0.721. The van der Waals surface area contributed by atoms with Crippen LogP contribution in [0.1, 0.15) is 16.1 Å². The Bertz CT molecular complexity index is 1150. The number of primary amides is 1. The number of para-hydroxylation sites is 1. The minimum absolute atomic E-state index is 0.0170. The first-order chi connectivity index (χ1) is 14.8. The molecular weight excluding hydrogens is 429 g/mol. The van der Waals surface area contributed by atoms with Crippen LogP contribution in [0.25, 0.3) is 10.9 Å². The summed E-state index contributed by atoms with van der Waals surface area (Å²) in [5, 5.41) is 18.8. The van der Waals surface area contributed by atoms with Crippen LogP contribution >= 0.6 is 11.6 Å². The first kappa shape index (κ1) is 22.2. The molecule has 5 N–H and O–H groups in total. The molecule has 0 saturated carbocycles. The van der Waals surface area contributed by atoms with Gasteiger partial charge in [0.2, 0.25) is 11.8 Å². The van der Waals surface area contributed by atoms with Gasteiger partial charge in [-0.25, -0.2) is 4.39 Å². The molecule has 0 bridgehead atoms. The van der Waals surface area contributed by atoms with E-state index in [1.165, 1.54) is 22.9 Å². The maximum atomic E-state index is 13.9. The molecule has 11 heteroatoms. The lowest BCUT2D eigenvalue weighted by atomic mass is 10.2. The van der Waals surface area contributed by atoms with E-state index in [9.17, 15) is 23.9 Å². The number of hydrogen-bond acceptors (Lipinski definition) is 5. The number of nitrogens with zero attached hydrogens (tertiary/aromatic N) is 2. The normalized spacial score (nSPS) is 11.8. The Balaban J connectivity index is 1.66. The Labute approximate surface area is 181 Å². The van der Waals surface area contributed by atoms with Crippen molar-refractivity contribution >= 4 is 40.2 Å². The smallest absolute Gasteiger partial charge is 0.269 e. The summed E-state index contributed by atoms with van der Waals surface area (Å²) in [6.07, 6.45) is 0.